The largest absolute Gasteiger partial charge is 0.381 e. The van der Waals surface area contributed by atoms with Crippen LogP contribution in [0.2, 0.25) is 0 Å². The fourth-order valence-corrected chi connectivity index (χ4v) is 6.18. The molecule has 4 nitrogen and oxygen atoms in total. The van der Waals surface area contributed by atoms with Crippen LogP contribution in [0.15, 0.2) is 18.2 Å². The van der Waals surface area contributed by atoms with Crippen molar-refractivity contribution in [3.63, 3.8) is 0 Å². The number of carbonyl (C=O) groups is 1. The molecule has 0 bridgehead atoms. The number of benzene rings is 1. The molecule has 7 heteroatoms. The first-order chi connectivity index (χ1) is 14.7. The van der Waals surface area contributed by atoms with Crippen molar-refractivity contribution in [2.45, 2.75) is 76.9 Å². The van der Waals surface area contributed by atoms with Crippen LogP contribution in [0.3, 0.4) is 0 Å². The van der Waals surface area contributed by atoms with E-state index in [-0.39, 0.29) is 22.5 Å². The van der Waals surface area contributed by atoms with Gasteiger partial charge in [-0.3, -0.25) is 9.69 Å². The zero-order valence-electron chi connectivity index (χ0n) is 18.5. The molecule has 1 atom stereocenters. The molecule has 1 unspecified atom stereocenters. The average molecular weight is 451 g/mol. The minimum absolute atomic E-state index is 0.124. The van der Waals surface area contributed by atoms with Gasteiger partial charge in [0.2, 0.25) is 0 Å². The number of hydrogen-bond acceptors (Lipinski definition) is 3. The summed E-state index contributed by atoms with van der Waals surface area (Å²) in [4.78, 5) is 14.9. The molecule has 31 heavy (non-hydrogen) atoms. The minimum Gasteiger partial charge on any atom is -0.381 e. The lowest BCUT2D eigenvalue weighted by molar-refractivity contribution is -0.139. The summed E-state index contributed by atoms with van der Waals surface area (Å²) in [5.74, 6) is 0.270. The second-order valence-corrected chi connectivity index (χ2v) is 10.2. The molecule has 1 amide bonds. The Balaban J connectivity index is 1.78. The third-order valence-corrected chi connectivity index (χ3v) is 7.88. The number of thiocarbonyl (C=S) groups is 1. The molecule has 1 aliphatic heterocycles. The van der Waals surface area contributed by atoms with Crippen molar-refractivity contribution in [3.05, 3.63) is 34.9 Å². The lowest BCUT2D eigenvalue weighted by Crippen LogP contribution is -2.57. The summed E-state index contributed by atoms with van der Waals surface area (Å²) in [5.41, 5.74) is 1.82. The third kappa shape index (κ3) is 3.67. The van der Waals surface area contributed by atoms with Crippen molar-refractivity contribution in [3.8, 4) is 0 Å². The Morgan fingerprint density at radius 3 is 2.61 bits per heavy atom. The molecule has 1 saturated heterocycles. The van der Waals surface area contributed by atoms with Crippen LogP contribution in [0.1, 0.15) is 62.6 Å². The fraction of sp³-hybridized carbons (Fsp3) is 0.667. The summed E-state index contributed by atoms with van der Waals surface area (Å²) in [7, 11) is 1.72. The Kier molecular flexibility index (Phi) is 6.12. The molecule has 1 aromatic rings. The first-order valence-corrected chi connectivity index (χ1v) is 11.7. The zero-order chi connectivity index (χ0) is 22.4. The van der Waals surface area contributed by atoms with Crippen molar-refractivity contribution in [2.75, 3.05) is 13.7 Å². The fourth-order valence-electron chi connectivity index (χ4n) is 5.87. The highest BCUT2D eigenvalue weighted by molar-refractivity contribution is 7.80. The van der Waals surface area contributed by atoms with Crippen molar-refractivity contribution in [2.24, 2.45) is 11.3 Å². The maximum absolute atomic E-state index is 13.9. The normalized spacial score (nSPS) is 30.2. The van der Waals surface area contributed by atoms with E-state index in [0.717, 1.165) is 61.0 Å². The number of aryl methyl sites for hydroxylation is 1. The molecule has 0 radical (unpaired) electrons. The van der Waals surface area contributed by atoms with E-state index in [1.165, 1.54) is 5.56 Å². The van der Waals surface area contributed by atoms with Gasteiger partial charge in [-0.25, -0.2) is 8.78 Å². The van der Waals surface area contributed by atoms with E-state index in [4.69, 9.17) is 17.0 Å². The molecule has 0 aromatic heterocycles. The van der Waals surface area contributed by atoms with Gasteiger partial charge in [0.1, 0.15) is 0 Å². The number of fused-ring (bicyclic) bond motifs is 3. The third-order valence-electron chi connectivity index (χ3n) is 7.56. The smallest absolute Gasteiger partial charge is 0.259 e. The van der Waals surface area contributed by atoms with E-state index in [1.54, 1.807) is 7.11 Å². The van der Waals surface area contributed by atoms with E-state index >= 15 is 0 Å². The van der Waals surface area contributed by atoms with E-state index in [2.05, 4.69) is 37.4 Å². The number of hydrogen-bond donors (Lipinski definition) is 1. The van der Waals surface area contributed by atoms with E-state index in [1.807, 2.05) is 0 Å². The minimum atomic E-state index is -2.63. The van der Waals surface area contributed by atoms with Gasteiger partial charge in [-0.15, -0.1) is 0 Å². The SMILES string of the molecule is CO[C@H]1CC[C@]2(CC1)Cc1ccc(CCC(C)C)cc1C21NC(=S)N(CC(F)F)C1=O. The van der Waals surface area contributed by atoms with E-state index in [9.17, 15) is 13.6 Å². The van der Waals surface area contributed by atoms with Gasteiger partial charge in [-0.2, -0.15) is 0 Å². The number of halogens is 2. The molecule has 1 saturated carbocycles. The van der Waals surface area contributed by atoms with Crippen LogP contribution >= 0.6 is 12.2 Å². The molecular weight excluding hydrogens is 418 g/mol. The van der Waals surface area contributed by atoms with Crippen LogP contribution < -0.4 is 5.32 Å². The van der Waals surface area contributed by atoms with Crippen LogP contribution in [-0.2, 0) is 27.9 Å². The van der Waals surface area contributed by atoms with Gasteiger partial charge in [-0.05, 0) is 79.8 Å². The molecule has 2 aliphatic carbocycles. The molecule has 1 aromatic carbocycles. The second-order valence-electron chi connectivity index (χ2n) is 9.80. The Labute approximate surface area is 188 Å². The predicted octanol–water partition coefficient (Wildman–Crippen LogP) is 4.58. The molecule has 2 fully saturated rings. The van der Waals surface area contributed by atoms with E-state index < -0.39 is 18.5 Å². The summed E-state index contributed by atoms with van der Waals surface area (Å²) in [5, 5.41) is 3.43. The monoisotopic (exact) mass is 450 g/mol. The Morgan fingerprint density at radius 2 is 2.00 bits per heavy atom. The summed E-state index contributed by atoms with van der Waals surface area (Å²) >= 11 is 5.43. The molecular formula is C24H32F2N2O2S. The highest BCUT2D eigenvalue weighted by Crippen LogP contribution is 2.60. The van der Waals surface area contributed by atoms with Gasteiger partial charge in [0, 0.05) is 12.5 Å². The molecule has 3 aliphatic rings. The topological polar surface area (TPSA) is 41.6 Å². The Bertz CT molecular complexity index is 867. The molecule has 1 heterocycles. The Morgan fingerprint density at radius 1 is 1.29 bits per heavy atom. The number of ether oxygens (including phenoxy) is 1. The van der Waals surface area contributed by atoms with Gasteiger partial charge < -0.3 is 10.1 Å². The number of carbonyl (C=O) groups excluding carboxylic acids is 1. The molecule has 170 valence electrons. The summed E-state index contributed by atoms with van der Waals surface area (Å²) in [6.07, 6.45) is 3.59. The highest BCUT2D eigenvalue weighted by Gasteiger charge is 2.67. The van der Waals surface area contributed by atoms with Crippen molar-refractivity contribution >= 4 is 23.2 Å². The number of amides is 1. The lowest BCUT2D eigenvalue weighted by Gasteiger charge is -2.46. The number of nitrogens with one attached hydrogen (secondary N) is 1. The van der Waals surface area contributed by atoms with E-state index in [0.29, 0.717) is 5.92 Å². The number of methoxy groups -OCH3 is 1. The van der Waals surface area contributed by atoms with Crippen LogP contribution in [0.4, 0.5) is 8.78 Å². The van der Waals surface area contributed by atoms with Crippen LogP contribution in [0.5, 0.6) is 0 Å². The molecule has 2 spiro atoms. The van der Waals surface area contributed by atoms with Crippen LogP contribution in [0, 0.1) is 11.3 Å². The quantitative estimate of drug-likeness (QED) is 0.644. The van der Waals surface area contributed by atoms with Gasteiger partial charge >= 0.3 is 0 Å². The first kappa shape index (κ1) is 22.6. The second kappa shape index (κ2) is 8.39. The summed E-state index contributed by atoms with van der Waals surface area (Å²) in [6, 6.07) is 6.43. The van der Waals surface area contributed by atoms with Gasteiger partial charge in [-0.1, -0.05) is 32.0 Å². The van der Waals surface area contributed by atoms with Crippen LogP contribution in [0.25, 0.3) is 0 Å². The highest BCUT2D eigenvalue weighted by atomic mass is 32.1. The molecule has 1 N–H and O–H groups in total. The number of rotatable bonds is 6. The summed E-state index contributed by atoms with van der Waals surface area (Å²) in [6.45, 7) is 3.73. The van der Waals surface area contributed by atoms with Gasteiger partial charge in [0.05, 0.1) is 12.6 Å². The van der Waals surface area contributed by atoms with Crippen molar-refractivity contribution in [1.29, 1.82) is 0 Å². The van der Waals surface area contributed by atoms with Gasteiger partial charge in [0.15, 0.2) is 10.7 Å². The maximum atomic E-state index is 13.9. The predicted molar refractivity (Wildman–Crippen MR) is 120 cm³/mol. The molecule has 4 rings (SSSR count). The van der Waals surface area contributed by atoms with Crippen molar-refractivity contribution in [1.82, 2.24) is 10.2 Å². The number of nitrogens with zero attached hydrogens (tertiary/aromatic N) is 1. The van der Waals surface area contributed by atoms with Crippen LogP contribution in [-0.4, -0.2) is 42.1 Å². The summed E-state index contributed by atoms with van der Waals surface area (Å²) < 4.78 is 32.1. The number of alkyl halides is 2. The van der Waals surface area contributed by atoms with Gasteiger partial charge in [0.25, 0.3) is 12.3 Å². The first-order valence-electron chi connectivity index (χ1n) is 11.3. The lowest BCUT2D eigenvalue weighted by atomic mass is 9.61. The standard InChI is InChI=1S/C24H32F2N2O2S/c1-15(2)4-5-16-6-7-17-13-23(10-8-18(30-3)9-11-23)24(19(17)12-16)21(29)28(14-20(25)26)22(31)27-24/h6-7,12,15,18,20H,4-5,8-11,13-14H2,1-3H3,(H,27,31)/t18-,23-,24?. The zero-order valence-corrected chi connectivity index (χ0v) is 19.4. The maximum Gasteiger partial charge on any atom is 0.259 e. The average Bonchev–Trinajstić information content (AvgIpc) is 3.13. The Hall–Kier alpha value is -1.60. The van der Waals surface area contributed by atoms with Crippen molar-refractivity contribution < 1.29 is 18.3 Å².